The quantitative estimate of drug-likeness (QED) is 0.830. The Labute approximate surface area is 117 Å². The van der Waals surface area contributed by atoms with E-state index in [2.05, 4.69) is 17.6 Å². The lowest BCUT2D eigenvalue weighted by Crippen LogP contribution is -2.45. The van der Waals surface area contributed by atoms with Gasteiger partial charge in [0.15, 0.2) is 0 Å². The van der Waals surface area contributed by atoms with E-state index in [-0.39, 0.29) is 18.3 Å². The van der Waals surface area contributed by atoms with Gasteiger partial charge >= 0.3 is 0 Å². The van der Waals surface area contributed by atoms with Gasteiger partial charge in [0.05, 0.1) is 5.92 Å². The zero-order chi connectivity index (χ0) is 12.1. The molecule has 1 saturated carbocycles. The number of hydrogen-bond donors (Lipinski definition) is 2. The maximum atomic E-state index is 12.1. The van der Waals surface area contributed by atoms with Gasteiger partial charge in [0.2, 0.25) is 5.91 Å². The van der Waals surface area contributed by atoms with Crippen LogP contribution in [0.5, 0.6) is 0 Å². The van der Waals surface area contributed by atoms with E-state index in [0.717, 1.165) is 31.8 Å². The highest BCUT2D eigenvalue weighted by molar-refractivity contribution is 5.85. The SMILES string of the molecule is CCC1CCCC(NC(=O)[C@@H]2CCCNC2)C1.Cl. The highest BCUT2D eigenvalue weighted by Crippen LogP contribution is 2.26. The van der Waals surface area contributed by atoms with E-state index in [4.69, 9.17) is 0 Å². The minimum atomic E-state index is 0. The van der Waals surface area contributed by atoms with Gasteiger partial charge in [0.1, 0.15) is 0 Å². The highest BCUT2D eigenvalue weighted by Gasteiger charge is 2.26. The fourth-order valence-corrected chi connectivity index (χ4v) is 3.19. The molecular weight excluding hydrogens is 248 g/mol. The zero-order valence-corrected chi connectivity index (χ0v) is 12.2. The first kappa shape index (κ1) is 15.8. The summed E-state index contributed by atoms with van der Waals surface area (Å²) in [7, 11) is 0. The van der Waals surface area contributed by atoms with Gasteiger partial charge in [-0.25, -0.2) is 0 Å². The summed E-state index contributed by atoms with van der Waals surface area (Å²) in [5.74, 6) is 1.34. The first-order chi connectivity index (χ1) is 8.29. The molecule has 1 saturated heterocycles. The zero-order valence-electron chi connectivity index (χ0n) is 11.4. The second-order valence-electron chi connectivity index (χ2n) is 5.69. The number of rotatable bonds is 3. The van der Waals surface area contributed by atoms with E-state index in [1.165, 1.54) is 32.1 Å². The summed E-state index contributed by atoms with van der Waals surface area (Å²) in [5.41, 5.74) is 0. The third kappa shape index (κ3) is 4.43. The largest absolute Gasteiger partial charge is 0.353 e. The number of halogens is 1. The Kier molecular flexibility index (Phi) is 7.02. The molecule has 2 rings (SSSR count). The molecule has 2 fully saturated rings. The molecule has 4 heteroatoms. The van der Waals surface area contributed by atoms with Crippen LogP contribution in [0.4, 0.5) is 0 Å². The summed E-state index contributed by atoms with van der Waals surface area (Å²) in [4.78, 5) is 12.1. The summed E-state index contributed by atoms with van der Waals surface area (Å²) in [6.45, 7) is 4.21. The van der Waals surface area contributed by atoms with Gasteiger partial charge in [0, 0.05) is 12.6 Å². The Hall–Kier alpha value is -0.280. The van der Waals surface area contributed by atoms with E-state index in [1.807, 2.05) is 0 Å². The van der Waals surface area contributed by atoms with Crippen LogP contribution in [-0.2, 0) is 4.79 Å². The number of piperidine rings is 1. The van der Waals surface area contributed by atoms with Crippen molar-refractivity contribution in [1.29, 1.82) is 0 Å². The topological polar surface area (TPSA) is 41.1 Å². The Balaban J connectivity index is 0.00000162. The fourth-order valence-electron chi connectivity index (χ4n) is 3.19. The van der Waals surface area contributed by atoms with Crippen LogP contribution in [0.2, 0.25) is 0 Å². The fraction of sp³-hybridized carbons (Fsp3) is 0.929. The summed E-state index contributed by atoms with van der Waals surface area (Å²) >= 11 is 0. The molecule has 1 aliphatic heterocycles. The molecule has 1 aliphatic carbocycles. The molecule has 106 valence electrons. The van der Waals surface area contributed by atoms with Crippen LogP contribution in [0.3, 0.4) is 0 Å². The minimum absolute atomic E-state index is 0. The van der Waals surface area contributed by atoms with Gasteiger partial charge in [-0.1, -0.05) is 26.2 Å². The number of nitrogens with one attached hydrogen (secondary N) is 2. The summed E-state index contributed by atoms with van der Waals surface area (Å²) in [6, 6.07) is 0.447. The van der Waals surface area contributed by atoms with Crippen LogP contribution >= 0.6 is 12.4 Å². The summed E-state index contributed by atoms with van der Waals surface area (Å²) in [5, 5.41) is 6.59. The molecular formula is C14H27ClN2O. The number of carbonyl (C=O) groups excluding carboxylic acids is 1. The van der Waals surface area contributed by atoms with Crippen molar-refractivity contribution in [3.8, 4) is 0 Å². The van der Waals surface area contributed by atoms with E-state index in [0.29, 0.717) is 11.9 Å². The van der Waals surface area contributed by atoms with Crippen molar-refractivity contribution in [3.05, 3.63) is 0 Å². The number of carbonyl (C=O) groups is 1. The lowest BCUT2D eigenvalue weighted by atomic mass is 9.84. The van der Waals surface area contributed by atoms with Crippen molar-refractivity contribution in [2.45, 2.75) is 57.9 Å². The molecule has 2 N–H and O–H groups in total. The Bertz CT molecular complexity index is 254. The third-order valence-corrected chi connectivity index (χ3v) is 4.37. The van der Waals surface area contributed by atoms with Crippen molar-refractivity contribution in [1.82, 2.24) is 10.6 Å². The van der Waals surface area contributed by atoms with E-state index >= 15 is 0 Å². The Morgan fingerprint density at radius 2 is 2.11 bits per heavy atom. The van der Waals surface area contributed by atoms with Gasteiger partial charge in [-0.15, -0.1) is 12.4 Å². The number of amides is 1. The van der Waals surface area contributed by atoms with E-state index < -0.39 is 0 Å². The second kappa shape index (κ2) is 8.00. The van der Waals surface area contributed by atoms with E-state index in [1.54, 1.807) is 0 Å². The maximum Gasteiger partial charge on any atom is 0.224 e. The number of hydrogen-bond acceptors (Lipinski definition) is 2. The molecule has 18 heavy (non-hydrogen) atoms. The van der Waals surface area contributed by atoms with Crippen LogP contribution in [0.1, 0.15) is 51.9 Å². The van der Waals surface area contributed by atoms with Gasteiger partial charge in [0.25, 0.3) is 0 Å². The molecule has 0 aromatic rings. The average Bonchev–Trinajstić information content (AvgIpc) is 2.40. The first-order valence-electron chi connectivity index (χ1n) is 7.30. The van der Waals surface area contributed by atoms with Crippen molar-refractivity contribution in [3.63, 3.8) is 0 Å². The van der Waals surface area contributed by atoms with E-state index in [9.17, 15) is 4.79 Å². The van der Waals surface area contributed by atoms with Crippen molar-refractivity contribution < 1.29 is 4.79 Å². The molecule has 2 aliphatic rings. The van der Waals surface area contributed by atoms with Crippen molar-refractivity contribution >= 4 is 18.3 Å². The highest BCUT2D eigenvalue weighted by atomic mass is 35.5. The van der Waals surface area contributed by atoms with Crippen LogP contribution < -0.4 is 10.6 Å². The monoisotopic (exact) mass is 274 g/mol. The molecule has 0 aromatic heterocycles. The van der Waals surface area contributed by atoms with Gasteiger partial charge in [-0.3, -0.25) is 4.79 Å². The molecule has 0 spiro atoms. The first-order valence-corrected chi connectivity index (χ1v) is 7.30. The standard InChI is InChI=1S/C14H26N2O.ClH/c1-2-11-5-3-7-13(9-11)16-14(17)12-6-4-8-15-10-12;/h11-13,15H,2-10H2,1H3,(H,16,17);1H/t11?,12-,13?;/m1./s1. The van der Waals surface area contributed by atoms with Gasteiger partial charge in [-0.2, -0.15) is 0 Å². The van der Waals surface area contributed by atoms with Crippen LogP contribution in [0.15, 0.2) is 0 Å². The van der Waals surface area contributed by atoms with Gasteiger partial charge in [-0.05, 0) is 38.1 Å². The van der Waals surface area contributed by atoms with Crippen molar-refractivity contribution in [2.24, 2.45) is 11.8 Å². The molecule has 0 aromatic carbocycles. The van der Waals surface area contributed by atoms with Crippen LogP contribution in [-0.4, -0.2) is 25.0 Å². The molecule has 1 heterocycles. The molecule has 1 amide bonds. The molecule has 0 bridgehead atoms. The summed E-state index contributed by atoms with van der Waals surface area (Å²) < 4.78 is 0. The summed E-state index contributed by atoms with van der Waals surface area (Å²) in [6.07, 6.45) is 8.48. The third-order valence-electron chi connectivity index (χ3n) is 4.37. The van der Waals surface area contributed by atoms with Crippen molar-refractivity contribution in [2.75, 3.05) is 13.1 Å². The Morgan fingerprint density at radius 1 is 1.28 bits per heavy atom. The lowest BCUT2D eigenvalue weighted by molar-refractivity contribution is -0.126. The second-order valence-corrected chi connectivity index (χ2v) is 5.69. The lowest BCUT2D eigenvalue weighted by Gasteiger charge is -2.31. The maximum absolute atomic E-state index is 12.1. The molecule has 0 radical (unpaired) electrons. The van der Waals surface area contributed by atoms with Crippen LogP contribution in [0, 0.1) is 11.8 Å². The predicted octanol–water partition coefficient (Wildman–Crippen LogP) is 2.49. The molecule has 2 unspecified atom stereocenters. The molecule has 3 nitrogen and oxygen atoms in total. The molecule has 3 atom stereocenters. The normalized spacial score (nSPS) is 32.4. The minimum Gasteiger partial charge on any atom is -0.353 e. The Morgan fingerprint density at radius 3 is 2.78 bits per heavy atom. The smallest absolute Gasteiger partial charge is 0.224 e. The average molecular weight is 275 g/mol. The predicted molar refractivity (Wildman–Crippen MR) is 77.0 cm³/mol. The van der Waals surface area contributed by atoms with Crippen LogP contribution in [0.25, 0.3) is 0 Å². The van der Waals surface area contributed by atoms with Gasteiger partial charge < -0.3 is 10.6 Å².